The van der Waals surface area contributed by atoms with Crippen LogP contribution in [0.4, 0.5) is 5.82 Å². The smallest absolute Gasteiger partial charge is 0.265 e. The molecule has 3 rings (SSSR count). The van der Waals surface area contributed by atoms with Gasteiger partial charge in [-0.25, -0.2) is 4.98 Å². The minimum atomic E-state index is 0.394. The molecule has 5 heteroatoms. The fraction of sp³-hybridized carbons (Fsp3) is 0.143. The molecule has 2 heterocycles. The normalized spacial score (nSPS) is 10.8. The summed E-state index contributed by atoms with van der Waals surface area (Å²) in [6.45, 7) is 4.04. The fourth-order valence-electron chi connectivity index (χ4n) is 2.01. The molecule has 0 amide bonds. The van der Waals surface area contributed by atoms with Crippen molar-refractivity contribution in [1.82, 2.24) is 14.4 Å². The molecule has 19 heavy (non-hydrogen) atoms. The van der Waals surface area contributed by atoms with E-state index in [4.69, 9.17) is 10.5 Å². The second-order valence-corrected chi connectivity index (χ2v) is 4.50. The molecule has 0 radical (unpaired) electrons. The third-order valence-electron chi connectivity index (χ3n) is 2.90. The van der Waals surface area contributed by atoms with E-state index >= 15 is 0 Å². The lowest BCUT2D eigenvalue weighted by Gasteiger charge is -2.09. The number of benzene rings is 1. The Morgan fingerprint density at radius 3 is 2.89 bits per heavy atom. The van der Waals surface area contributed by atoms with Gasteiger partial charge in [-0.3, -0.25) is 4.40 Å². The second kappa shape index (κ2) is 4.28. The summed E-state index contributed by atoms with van der Waals surface area (Å²) in [5.41, 5.74) is 8.65. The van der Waals surface area contributed by atoms with E-state index in [0.29, 0.717) is 17.3 Å². The molecule has 5 nitrogen and oxygen atoms in total. The SMILES string of the molecule is Cc1ccc(Oc2nc(N)cn3ccnc23)c(C)c1. The molecule has 2 aromatic heterocycles. The Morgan fingerprint density at radius 1 is 1.26 bits per heavy atom. The largest absolute Gasteiger partial charge is 0.436 e. The van der Waals surface area contributed by atoms with Crippen molar-refractivity contribution in [2.45, 2.75) is 13.8 Å². The molecule has 0 aliphatic rings. The van der Waals surface area contributed by atoms with Crippen LogP contribution in [0, 0.1) is 13.8 Å². The van der Waals surface area contributed by atoms with Crippen LogP contribution in [0.5, 0.6) is 11.6 Å². The summed E-state index contributed by atoms with van der Waals surface area (Å²) in [4.78, 5) is 8.43. The number of nitrogens with zero attached hydrogens (tertiary/aromatic N) is 3. The molecule has 0 saturated carbocycles. The predicted octanol–water partition coefficient (Wildman–Crippen LogP) is 2.72. The van der Waals surface area contributed by atoms with Crippen molar-refractivity contribution < 1.29 is 4.74 Å². The van der Waals surface area contributed by atoms with E-state index in [0.717, 1.165) is 11.3 Å². The topological polar surface area (TPSA) is 65.4 Å². The number of imidazole rings is 1. The van der Waals surface area contributed by atoms with Crippen LogP contribution in [0.2, 0.25) is 0 Å². The molecular formula is C14H14N4O. The zero-order valence-electron chi connectivity index (χ0n) is 10.8. The van der Waals surface area contributed by atoms with E-state index < -0.39 is 0 Å². The number of anilines is 1. The van der Waals surface area contributed by atoms with Crippen LogP contribution >= 0.6 is 0 Å². The number of nitrogen functional groups attached to an aromatic ring is 1. The Balaban J connectivity index is 2.07. The Morgan fingerprint density at radius 2 is 2.11 bits per heavy atom. The molecule has 0 atom stereocenters. The van der Waals surface area contributed by atoms with Gasteiger partial charge >= 0.3 is 0 Å². The lowest BCUT2D eigenvalue weighted by Crippen LogP contribution is -1.99. The lowest BCUT2D eigenvalue weighted by molar-refractivity contribution is 0.462. The molecule has 0 fully saturated rings. The number of fused-ring (bicyclic) bond motifs is 1. The highest BCUT2D eigenvalue weighted by molar-refractivity contribution is 5.54. The molecule has 0 unspecified atom stereocenters. The highest BCUT2D eigenvalue weighted by atomic mass is 16.5. The highest BCUT2D eigenvalue weighted by Gasteiger charge is 2.10. The van der Waals surface area contributed by atoms with Crippen LogP contribution in [-0.4, -0.2) is 14.4 Å². The summed E-state index contributed by atoms with van der Waals surface area (Å²) in [5, 5.41) is 0. The van der Waals surface area contributed by atoms with E-state index in [-0.39, 0.29) is 0 Å². The van der Waals surface area contributed by atoms with E-state index in [1.165, 1.54) is 5.56 Å². The van der Waals surface area contributed by atoms with Crippen molar-refractivity contribution in [1.29, 1.82) is 0 Å². The van der Waals surface area contributed by atoms with Crippen molar-refractivity contribution in [3.8, 4) is 11.6 Å². The first-order chi connectivity index (χ1) is 9.13. The fourth-order valence-corrected chi connectivity index (χ4v) is 2.01. The van der Waals surface area contributed by atoms with Gasteiger partial charge in [-0.15, -0.1) is 0 Å². The molecule has 1 aromatic carbocycles. The number of hydrogen-bond acceptors (Lipinski definition) is 4. The van der Waals surface area contributed by atoms with Crippen LogP contribution in [-0.2, 0) is 0 Å². The lowest BCUT2D eigenvalue weighted by atomic mass is 10.1. The van der Waals surface area contributed by atoms with E-state index in [1.54, 1.807) is 16.8 Å². The van der Waals surface area contributed by atoms with Crippen LogP contribution in [0.15, 0.2) is 36.8 Å². The molecule has 2 N–H and O–H groups in total. The Kier molecular flexibility index (Phi) is 2.59. The Labute approximate surface area is 110 Å². The number of aromatic nitrogens is 3. The number of nitrogens with two attached hydrogens (primary N) is 1. The third-order valence-corrected chi connectivity index (χ3v) is 2.90. The average molecular weight is 254 g/mol. The van der Waals surface area contributed by atoms with Crippen LogP contribution in [0.25, 0.3) is 5.65 Å². The van der Waals surface area contributed by atoms with Crippen LogP contribution in [0.1, 0.15) is 11.1 Å². The Hall–Kier alpha value is -2.56. The van der Waals surface area contributed by atoms with Gasteiger partial charge in [0.25, 0.3) is 5.88 Å². The molecule has 0 saturated heterocycles. The van der Waals surface area contributed by atoms with E-state index in [1.807, 2.05) is 32.2 Å². The monoisotopic (exact) mass is 254 g/mol. The summed E-state index contributed by atoms with van der Waals surface area (Å²) < 4.78 is 7.63. The summed E-state index contributed by atoms with van der Waals surface area (Å²) in [6, 6.07) is 5.98. The third kappa shape index (κ3) is 2.10. The molecule has 0 spiro atoms. The van der Waals surface area contributed by atoms with Gasteiger partial charge in [0.05, 0.1) is 6.20 Å². The van der Waals surface area contributed by atoms with Gasteiger partial charge < -0.3 is 10.5 Å². The van der Waals surface area contributed by atoms with E-state index in [9.17, 15) is 0 Å². The maximum absolute atomic E-state index is 5.84. The van der Waals surface area contributed by atoms with Crippen molar-refractivity contribution in [2.75, 3.05) is 5.73 Å². The number of rotatable bonds is 2. The number of ether oxygens (including phenoxy) is 1. The van der Waals surface area contributed by atoms with E-state index in [2.05, 4.69) is 16.0 Å². The molecular weight excluding hydrogens is 240 g/mol. The van der Waals surface area contributed by atoms with Crippen molar-refractivity contribution >= 4 is 11.5 Å². The molecule has 3 aromatic rings. The second-order valence-electron chi connectivity index (χ2n) is 4.50. The van der Waals surface area contributed by atoms with Crippen LogP contribution < -0.4 is 10.5 Å². The summed E-state index contributed by atoms with van der Waals surface area (Å²) >= 11 is 0. The zero-order chi connectivity index (χ0) is 13.4. The van der Waals surface area contributed by atoms with Crippen molar-refractivity contribution in [2.24, 2.45) is 0 Å². The maximum atomic E-state index is 5.84. The highest BCUT2D eigenvalue weighted by Crippen LogP contribution is 2.27. The van der Waals surface area contributed by atoms with Gasteiger partial charge in [-0.05, 0) is 25.5 Å². The number of hydrogen-bond donors (Lipinski definition) is 1. The maximum Gasteiger partial charge on any atom is 0.265 e. The molecule has 0 aliphatic heterocycles. The van der Waals surface area contributed by atoms with Gasteiger partial charge in [0.1, 0.15) is 11.6 Å². The average Bonchev–Trinajstić information content (AvgIpc) is 2.80. The molecule has 96 valence electrons. The summed E-state index contributed by atoms with van der Waals surface area (Å²) in [7, 11) is 0. The van der Waals surface area contributed by atoms with Gasteiger partial charge in [0, 0.05) is 12.4 Å². The quantitative estimate of drug-likeness (QED) is 0.763. The van der Waals surface area contributed by atoms with Gasteiger partial charge in [-0.1, -0.05) is 17.7 Å². The first kappa shape index (κ1) is 11.5. The number of aryl methyl sites for hydroxylation is 2. The minimum Gasteiger partial charge on any atom is -0.436 e. The molecule has 0 aliphatic carbocycles. The van der Waals surface area contributed by atoms with Crippen molar-refractivity contribution in [3.63, 3.8) is 0 Å². The van der Waals surface area contributed by atoms with Gasteiger partial charge in [0.15, 0.2) is 0 Å². The zero-order valence-corrected chi connectivity index (χ0v) is 10.8. The standard InChI is InChI=1S/C14H14N4O/c1-9-3-4-11(10(2)7-9)19-14-13-16-5-6-18(13)8-12(15)17-14/h3-8H,15H2,1-2H3. The Bertz CT molecular complexity index is 748. The van der Waals surface area contributed by atoms with Crippen molar-refractivity contribution in [3.05, 3.63) is 47.9 Å². The van der Waals surface area contributed by atoms with Gasteiger partial charge in [0.2, 0.25) is 5.65 Å². The van der Waals surface area contributed by atoms with Gasteiger partial charge in [-0.2, -0.15) is 4.98 Å². The molecule has 0 bridgehead atoms. The van der Waals surface area contributed by atoms with Crippen LogP contribution in [0.3, 0.4) is 0 Å². The minimum absolute atomic E-state index is 0.394. The first-order valence-electron chi connectivity index (χ1n) is 5.98. The first-order valence-corrected chi connectivity index (χ1v) is 5.98. The summed E-state index contributed by atoms with van der Waals surface area (Å²) in [5.74, 6) is 1.57. The predicted molar refractivity (Wildman–Crippen MR) is 73.4 cm³/mol. The summed E-state index contributed by atoms with van der Waals surface area (Å²) in [6.07, 6.45) is 5.20.